The zero-order chi connectivity index (χ0) is 39.2. The molecule has 8 heteroatoms. The van der Waals surface area contributed by atoms with Gasteiger partial charge in [-0.15, -0.1) is 0 Å². The molecule has 0 aliphatic heterocycles. The minimum atomic E-state index is 0. The van der Waals surface area contributed by atoms with Crippen LogP contribution in [-0.2, 0) is 0 Å². The lowest BCUT2D eigenvalue weighted by molar-refractivity contribution is 0.0860. The molecule has 2 aliphatic rings. The monoisotopic (exact) mass is 843 g/mol. The highest BCUT2D eigenvalue weighted by atomic mass is 14.5. The molecule has 0 aromatic heterocycles. The van der Waals surface area contributed by atoms with Gasteiger partial charge in [0.2, 0.25) is 0 Å². The molecule has 2 saturated carbocycles. The fraction of sp³-hybridized carbons (Fsp3) is 0.698. The maximum atomic E-state index is 4.12. The van der Waals surface area contributed by atoms with Crippen molar-refractivity contribution in [2.45, 2.75) is 204 Å². The third-order valence-electron chi connectivity index (χ3n) is 7.65. The lowest BCUT2D eigenvalue weighted by Gasteiger charge is -2.54. The van der Waals surface area contributed by atoms with E-state index in [9.17, 15) is 0 Å². The van der Waals surface area contributed by atoms with Crippen LogP contribution in [0.4, 0.5) is 0 Å². The molecule has 0 heterocycles. The summed E-state index contributed by atoms with van der Waals surface area (Å²) in [6, 6.07) is 0. The molecule has 24 radical (unpaired) electrons. The molecule has 0 bridgehead atoms. The van der Waals surface area contributed by atoms with Gasteiger partial charge in [-0.2, -0.15) is 0 Å². The summed E-state index contributed by atoms with van der Waals surface area (Å²) in [5.74, 6) is 4.09. The number of hydrogen-bond donors (Lipinski definition) is 0. The van der Waals surface area contributed by atoms with Crippen molar-refractivity contribution >= 4 is 67.3 Å². The average molecular weight is 842 g/mol. The molecule has 2 aliphatic carbocycles. The first-order valence-corrected chi connectivity index (χ1v) is 18.8. The van der Waals surface area contributed by atoms with Crippen LogP contribution in [0.2, 0.25) is 0 Å². The molecule has 0 atom stereocenters. The van der Waals surface area contributed by atoms with Crippen molar-refractivity contribution in [3.05, 3.63) is 97.2 Å². The van der Waals surface area contributed by atoms with Crippen molar-refractivity contribution in [1.82, 2.24) is 0 Å². The zero-order valence-corrected chi connectivity index (χ0v) is 40.9. The maximum Gasteiger partial charge on any atom is 0 e. The molecule has 0 amide bonds. The van der Waals surface area contributed by atoms with Gasteiger partial charge in [-0.25, -0.2) is 0 Å². The zero-order valence-electron chi connectivity index (χ0n) is 40.9. The molecule has 0 aromatic carbocycles. The Hall–Kier alpha value is -1.56. The summed E-state index contributed by atoms with van der Waals surface area (Å²) >= 11 is 0. The predicted octanol–water partition coefficient (Wildman–Crippen LogP) is 18.1. The van der Waals surface area contributed by atoms with Crippen LogP contribution in [0.3, 0.4) is 0 Å². The van der Waals surface area contributed by atoms with E-state index in [1.54, 1.807) is 0 Å². The molecular formula is C53H118B8. The first-order chi connectivity index (χ1) is 21.6. The minimum absolute atomic E-state index is 0. The molecule has 2 fully saturated rings. The standard InChI is InChI=1S/2C16H24.7C2H6.7CH4.8B/c2*1-9(2)13-14(10(3)4)16(12(7)8)15(13)11(5)6;7*1-2;;;;;;;;;;;;;;;/h2*13-16H,1,3,5,7H2,2,4,6,8H3;7*1-2H3;7*1H4;;;;;;;;. The Morgan fingerprint density at radius 1 is 0.180 bits per heavy atom. The SMILES string of the molecule is C.C.C.C.C.C.C.C=C(C)C1C(C(=C)C)C(C(=C)C)C1C(=C)C.C=C(C)C1C(C(=C)C)C(C(=C)C)C1C(=C)C.CC.CC.CC.CC.CC.CC.CC.[B].[B].[B].[B].[B].[B].[B].[B]. The lowest BCUT2D eigenvalue weighted by Crippen LogP contribution is -2.48. The average Bonchev–Trinajstić information content (AvgIpc) is 2.98. The quantitative estimate of drug-likeness (QED) is 0.169. The Balaban J connectivity index is -0.0000000162. The van der Waals surface area contributed by atoms with Crippen LogP contribution < -0.4 is 0 Å². The Morgan fingerprint density at radius 2 is 0.213 bits per heavy atom. The molecule has 0 nitrogen and oxygen atoms in total. The number of hydrogen-bond acceptors (Lipinski definition) is 0. The van der Waals surface area contributed by atoms with Gasteiger partial charge >= 0.3 is 0 Å². The van der Waals surface area contributed by atoms with Crippen LogP contribution in [0.25, 0.3) is 0 Å². The molecule has 0 saturated heterocycles. The summed E-state index contributed by atoms with van der Waals surface area (Å²) in [4.78, 5) is 0. The van der Waals surface area contributed by atoms with Gasteiger partial charge in [-0.1, -0.05) is 246 Å². The largest absolute Gasteiger partial charge is 0.0998 e. The maximum absolute atomic E-state index is 4.12. The smallest absolute Gasteiger partial charge is 0 e. The molecule has 61 heavy (non-hydrogen) atoms. The second-order valence-corrected chi connectivity index (χ2v) is 11.0. The van der Waals surface area contributed by atoms with Crippen LogP contribution in [0, 0.1) is 47.3 Å². The van der Waals surface area contributed by atoms with Gasteiger partial charge in [0.15, 0.2) is 0 Å². The summed E-state index contributed by atoms with van der Waals surface area (Å²) in [6.07, 6.45) is 0. The number of rotatable bonds is 8. The summed E-state index contributed by atoms with van der Waals surface area (Å²) in [7, 11) is 0. The Morgan fingerprint density at radius 3 is 0.230 bits per heavy atom. The van der Waals surface area contributed by atoms with Crippen LogP contribution in [0.15, 0.2) is 97.2 Å². The van der Waals surface area contributed by atoms with E-state index in [0.29, 0.717) is 47.3 Å². The fourth-order valence-corrected chi connectivity index (χ4v) is 6.40. The van der Waals surface area contributed by atoms with Crippen molar-refractivity contribution in [3.63, 3.8) is 0 Å². The van der Waals surface area contributed by atoms with Crippen molar-refractivity contribution in [3.8, 4) is 0 Å². The van der Waals surface area contributed by atoms with Crippen molar-refractivity contribution in [1.29, 1.82) is 0 Å². The van der Waals surface area contributed by atoms with Crippen LogP contribution in [0.1, 0.15) is 204 Å². The molecule has 0 aromatic rings. The normalized spacial score (nSPS) is 17.9. The van der Waals surface area contributed by atoms with E-state index in [-0.39, 0.29) is 119 Å². The van der Waals surface area contributed by atoms with Gasteiger partial charge in [0.25, 0.3) is 0 Å². The van der Waals surface area contributed by atoms with Crippen molar-refractivity contribution in [2.75, 3.05) is 0 Å². The van der Waals surface area contributed by atoms with Crippen LogP contribution in [-0.4, -0.2) is 67.3 Å². The Kier molecular flexibility index (Phi) is 212. The molecule has 0 spiro atoms. The van der Waals surface area contributed by atoms with E-state index >= 15 is 0 Å². The minimum Gasteiger partial charge on any atom is -0.0998 e. The van der Waals surface area contributed by atoms with E-state index < -0.39 is 0 Å². The molecule has 354 valence electrons. The van der Waals surface area contributed by atoms with Gasteiger partial charge in [0, 0.05) is 67.3 Å². The first-order valence-electron chi connectivity index (χ1n) is 18.8. The predicted molar refractivity (Wildman–Crippen MR) is 319 cm³/mol. The molecule has 0 unspecified atom stereocenters. The van der Waals surface area contributed by atoms with Gasteiger partial charge < -0.3 is 0 Å². The summed E-state index contributed by atoms with van der Waals surface area (Å²) in [5.41, 5.74) is 9.99. The van der Waals surface area contributed by atoms with E-state index in [0.717, 1.165) is 0 Å². The first kappa shape index (κ1) is 145. The van der Waals surface area contributed by atoms with Crippen molar-refractivity contribution < 1.29 is 0 Å². The summed E-state index contributed by atoms with van der Waals surface area (Å²) in [6.45, 7) is 77.9. The third-order valence-corrected chi connectivity index (χ3v) is 7.65. The van der Waals surface area contributed by atoms with E-state index in [4.69, 9.17) is 0 Å². The highest BCUT2D eigenvalue weighted by molar-refractivity contribution is 5.76. The van der Waals surface area contributed by atoms with E-state index in [2.05, 4.69) is 108 Å². The lowest BCUT2D eigenvalue weighted by atomic mass is 9.49. The van der Waals surface area contributed by atoms with Gasteiger partial charge in [-0.05, 0) is 103 Å². The Labute approximate surface area is 414 Å². The van der Waals surface area contributed by atoms with Gasteiger partial charge in [-0.3, -0.25) is 0 Å². The topological polar surface area (TPSA) is 0 Å². The highest BCUT2D eigenvalue weighted by Crippen LogP contribution is 2.58. The van der Waals surface area contributed by atoms with E-state index in [1.807, 2.05) is 96.9 Å². The summed E-state index contributed by atoms with van der Waals surface area (Å²) < 4.78 is 0. The third kappa shape index (κ3) is 47.7. The van der Waals surface area contributed by atoms with Crippen LogP contribution >= 0.6 is 0 Å². The second-order valence-electron chi connectivity index (χ2n) is 11.0. The molecular weight excluding hydrogens is 723 g/mol. The fourth-order valence-electron chi connectivity index (χ4n) is 6.40. The van der Waals surface area contributed by atoms with E-state index in [1.165, 1.54) is 44.6 Å². The van der Waals surface area contributed by atoms with Gasteiger partial charge in [0.05, 0.1) is 0 Å². The Bertz CT molecular complexity index is 659. The highest BCUT2D eigenvalue weighted by Gasteiger charge is 2.51. The second kappa shape index (κ2) is 89.4. The molecule has 2 rings (SSSR count). The molecule has 0 N–H and O–H groups in total. The van der Waals surface area contributed by atoms with Crippen LogP contribution in [0.5, 0.6) is 0 Å². The van der Waals surface area contributed by atoms with Gasteiger partial charge in [0.1, 0.15) is 0 Å². The van der Waals surface area contributed by atoms with Crippen molar-refractivity contribution in [2.24, 2.45) is 47.3 Å². The number of allylic oxidation sites excluding steroid dienone is 8. The summed E-state index contributed by atoms with van der Waals surface area (Å²) in [5, 5.41) is 0.